The number of phenols is 1. The molecule has 7 heteroatoms. The lowest BCUT2D eigenvalue weighted by Crippen LogP contribution is -2.32. The second kappa shape index (κ2) is 10.0. The van der Waals surface area contributed by atoms with Gasteiger partial charge in [-0.3, -0.25) is 9.59 Å². The first-order valence-corrected chi connectivity index (χ1v) is 9.36. The van der Waals surface area contributed by atoms with Gasteiger partial charge in [-0.1, -0.05) is 60.1 Å². The van der Waals surface area contributed by atoms with Crippen LogP contribution in [0.2, 0.25) is 5.02 Å². The van der Waals surface area contributed by atoms with E-state index in [4.69, 9.17) is 11.6 Å². The number of hydrazone groups is 1. The van der Waals surface area contributed by atoms with E-state index in [2.05, 4.69) is 15.8 Å². The fourth-order valence-electron chi connectivity index (χ4n) is 2.51. The standard InChI is InChI=1S/C23H18ClN3O3/c24-19-11-12-21(28)18(14-19)15-25-27-23(30)20(13-16-7-3-1-4-8-16)26-22(29)17-9-5-2-6-10-17/h1-15,28H,(H,26,29)(H,27,30)/b20-13-,25-15-. The van der Waals surface area contributed by atoms with Crippen molar-refractivity contribution in [2.75, 3.05) is 0 Å². The first-order chi connectivity index (χ1) is 14.5. The lowest BCUT2D eigenvalue weighted by molar-refractivity contribution is -0.117. The molecule has 0 aliphatic heterocycles. The van der Waals surface area contributed by atoms with Crippen molar-refractivity contribution >= 4 is 35.7 Å². The van der Waals surface area contributed by atoms with Crippen molar-refractivity contribution in [2.45, 2.75) is 0 Å². The predicted octanol–water partition coefficient (Wildman–Crippen LogP) is 3.97. The second-order valence-corrected chi connectivity index (χ2v) is 6.63. The molecule has 0 bridgehead atoms. The maximum absolute atomic E-state index is 12.7. The molecule has 3 rings (SSSR count). The molecule has 3 N–H and O–H groups in total. The molecule has 150 valence electrons. The largest absolute Gasteiger partial charge is 0.507 e. The topological polar surface area (TPSA) is 90.8 Å². The summed E-state index contributed by atoms with van der Waals surface area (Å²) >= 11 is 5.90. The van der Waals surface area contributed by atoms with Crippen LogP contribution in [0.25, 0.3) is 6.08 Å². The van der Waals surface area contributed by atoms with Crippen LogP contribution < -0.4 is 10.7 Å². The Bertz CT molecular complexity index is 1100. The van der Waals surface area contributed by atoms with E-state index in [0.717, 1.165) is 5.56 Å². The Morgan fingerprint density at radius 1 is 0.933 bits per heavy atom. The number of rotatable bonds is 6. The molecule has 0 aliphatic rings. The molecular formula is C23H18ClN3O3. The second-order valence-electron chi connectivity index (χ2n) is 6.19. The highest BCUT2D eigenvalue weighted by atomic mass is 35.5. The average Bonchev–Trinajstić information content (AvgIpc) is 2.77. The van der Waals surface area contributed by atoms with Crippen molar-refractivity contribution in [1.82, 2.24) is 10.7 Å². The molecule has 0 unspecified atom stereocenters. The Morgan fingerprint density at radius 2 is 1.60 bits per heavy atom. The van der Waals surface area contributed by atoms with Gasteiger partial charge in [-0.15, -0.1) is 0 Å². The number of benzene rings is 3. The third-order valence-corrected chi connectivity index (χ3v) is 4.23. The van der Waals surface area contributed by atoms with E-state index in [1.54, 1.807) is 48.5 Å². The summed E-state index contributed by atoms with van der Waals surface area (Å²) < 4.78 is 0. The van der Waals surface area contributed by atoms with Gasteiger partial charge in [0.2, 0.25) is 0 Å². The Morgan fingerprint density at radius 3 is 2.30 bits per heavy atom. The third-order valence-electron chi connectivity index (χ3n) is 4.00. The summed E-state index contributed by atoms with van der Waals surface area (Å²) in [6.07, 6.45) is 2.81. The van der Waals surface area contributed by atoms with Gasteiger partial charge >= 0.3 is 0 Å². The Kier molecular flexibility index (Phi) is 6.97. The number of phenolic OH excluding ortho intramolecular Hbond substituents is 1. The zero-order chi connectivity index (χ0) is 21.3. The number of nitrogens with zero attached hydrogens (tertiary/aromatic N) is 1. The van der Waals surface area contributed by atoms with Crippen molar-refractivity contribution in [2.24, 2.45) is 5.10 Å². The van der Waals surface area contributed by atoms with E-state index < -0.39 is 11.8 Å². The molecule has 0 aromatic heterocycles. The van der Waals surface area contributed by atoms with E-state index in [9.17, 15) is 14.7 Å². The van der Waals surface area contributed by atoms with E-state index in [1.807, 2.05) is 18.2 Å². The molecule has 0 fully saturated rings. The van der Waals surface area contributed by atoms with Crippen LogP contribution in [0.3, 0.4) is 0 Å². The number of halogens is 1. The zero-order valence-electron chi connectivity index (χ0n) is 15.7. The van der Waals surface area contributed by atoms with Gasteiger partial charge < -0.3 is 10.4 Å². The van der Waals surface area contributed by atoms with Crippen molar-refractivity contribution in [3.8, 4) is 5.75 Å². The lowest BCUT2D eigenvalue weighted by atomic mass is 10.1. The third kappa shape index (κ3) is 5.80. The fourth-order valence-corrected chi connectivity index (χ4v) is 2.69. The van der Waals surface area contributed by atoms with Crippen LogP contribution in [0.5, 0.6) is 5.75 Å². The van der Waals surface area contributed by atoms with Gasteiger partial charge in [-0.05, 0) is 42.0 Å². The summed E-state index contributed by atoms with van der Waals surface area (Å²) in [7, 11) is 0. The van der Waals surface area contributed by atoms with Gasteiger partial charge in [-0.25, -0.2) is 5.43 Å². The van der Waals surface area contributed by atoms with E-state index >= 15 is 0 Å². The number of carbonyl (C=O) groups is 2. The van der Waals surface area contributed by atoms with Gasteiger partial charge in [0.25, 0.3) is 11.8 Å². The Hall–Kier alpha value is -3.90. The van der Waals surface area contributed by atoms with Crippen LogP contribution in [-0.2, 0) is 4.79 Å². The summed E-state index contributed by atoms with van der Waals surface area (Å²) in [5, 5.41) is 16.7. The van der Waals surface area contributed by atoms with Gasteiger partial charge in [-0.2, -0.15) is 5.10 Å². The molecule has 3 aromatic rings. The van der Waals surface area contributed by atoms with Gasteiger partial charge in [0.15, 0.2) is 0 Å². The fraction of sp³-hybridized carbons (Fsp3) is 0. The van der Waals surface area contributed by atoms with Gasteiger partial charge in [0.1, 0.15) is 11.4 Å². The molecule has 0 spiro atoms. The van der Waals surface area contributed by atoms with Crippen LogP contribution in [0.15, 0.2) is 89.7 Å². The molecule has 0 saturated heterocycles. The minimum absolute atomic E-state index is 0.0162. The molecule has 3 aromatic carbocycles. The minimum Gasteiger partial charge on any atom is -0.507 e. The van der Waals surface area contributed by atoms with Crippen molar-refractivity contribution in [1.29, 1.82) is 0 Å². The number of carbonyl (C=O) groups excluding carboxylic acids is 2. The molecule has 0 heterocycles. The lowest BCUT2D eigenvalue weighted by Gasteiger charge is -2.09. The Balaban J connectivity index is 1.79. The monoisotopic (exact) mass is 419 g/mol. The first kappa shape index (κ1) is 20.8. The zero-order valence-corrected chi connectivity index (χ0v) is 16.5. The maximum atomic E-state index is 12.7. The molecule has 30 heavy (non-hydrogen) atoms. The summed E-state index contributed by atoms with van der Waals surface area (Å²) in [4.78, 5) is 25.2. The number of nitrogens with one attached hydrogen (secondary N) is 2. The van der Waals surface area contributed by atoms with Crippen LogP contribution in [0, 0.1) is 0 Å². The summed E-state index contributed by atoms with van der Waals surface area (Å²) in [6, 6.07) is 22.1. The van der Waals surface area contributed by atoms with E-state index in [-0.39, 0.29) is 11.4 Å². The number of amides is 2. The number of hydrogen-bond acceptors (Lipinski definition) is 4. The molecule has 0 radical (unpaired) electrons. The van der Waals surface area contributed by atoms with E-state index in [1.165, 1.54) is 24.4 Å². The number of aromatic hydroxyl groups is 1. The van der Waals surface area contributed by atoms with Crippen LogP contribution >= 0.6 is 11.6 Å². The molecule has 0 atom stereocenters. The molecule has 0 aliphatic carbocycles. The maximum Gasteiger partial charge on any atom is 0.287 e. The quantitative estimate of drug-likeness (QED) is 0.321. The average molecular weight is 420 g/mol. The summed E-state index contributed by atoms with van der Waals surface area (Å²) in [6.45, 7) is 0. The molecule has 0 saturated carbocycles. The highest BCUT2D eigenvalue weighted by Crippen LogP contribution is 2.19. The first-order valence-electron chi connectivity index (χ1n) is 8.98. The SMILES string of the molecule is O=C(N/N=C\c1cc(Cl)ccc1O)/C(=C/c1ccccc1)NC(=O)c1ccccc1. The Labute approximate surface area is 178 Å². The molecule has 2 amide bonds. The van der Waals surface area contributed by atoms with Crippen LogP contribution in [0.1, 0.15) is 21.5 Å². The summed E-state index contributed by atoms with van der Waals surface area (Å²) in [5.41, 5.74) is 3.84. The van der Waals surface area contributed by atoms with Crippen molar-refractivity contribution < 1.29 is 14.7 Å². The van der Waals surface area contributed by atoms with Crippen LogP contribution in [0.4, 0.5) is 0 Å². The minimum atomic E-state index is -0.624. The summed E-state index contributed by atoms with van der Waals surface area (Å²) in [5.74, 6) is -1.08. The van der Waals surface area contributed by atoms with Crippen LogP contribution in [-0.4, -0.2) is 23.1 Å². The molecular weight excluding hydrogens is 402 g/mol. The van der Waals surface area contributed by atoms with Crippen molar-refractivity contribution in [3.63, 3.8) is 0 Å². The highest BCUT2D eigenvalue weighted by Gasteiger charge is 2.14. The number of hydrogen-bond donors (Lipinski definition) is 3. The smallest absolute Gasteiger partial charge is 0.287 e. The highest BCUT2D eigenvalue weighted by molar-refractivity contribution is 6.30. The molecule has 6 nitrogen and oxygen atoms in total. The predicted molar refractivity (Wildman–Crippen MR) is 117 cm³/mol. The van der Waals surface area contributed by atoms with E-state index in [0.29, 0.717) is 16.1 Å². The van der Waals surface area contributed by atoms with Gasteiger partial charge in [0.05, 0.1) is 6.21 Å². The van der Waals surface area contributed by atoms with Crippen molar-refractivity contribution in [3.05, 3.63) is 106 Å². The van der Waals surface area contributed by atoms with Gasteiger partial charge in [0, 0.05) is 16.1 Å². The normalized spacial score (nSPS) is 11.3.